The van der Waals surface area contributed by atoms with E-state index in [1.54, 1.807) is 13.1 Å². The van der Waals surface area contributed by atoms with Gasteiger partial charge in [0.1, 0.15) is 0 Å². The van der Waals surface area contributed by atoms with Crippen molar-refractivity contribution in [1.29, 1.82) is 0 Å². The zero-order valence-electron chi connectivity index (χ0n) is 13.7. The summed E-state index contributed by atoms with van der Waals surface area (Å²) in [5, 5.41) is 2.78. The van der Waals surface area contributed by atoms with Crippen molar-refractivity contribution in [3.63, 3.8) is 0 Å². The van der Waals surface area contributed by atoms with Gasteiger partial charge in [0.2, 0.25) is 0 Å². The first-order chi connectivity index (χ1) is 11.6. The summed E-state index contributed by atoms with van der Waals surface area (Å²) in [5.74, 6) is -0.437. The van der Waals surface area contributed by atoms with Crippen molar-refractivity contribution >= 4 is 16.9 Å². The van der Waals surface area contributed by atoms with Crippen LogP contribution in [-0.2, 0) is 13.5 Å². The van der Waals surface area contributed by atoms with Crippen LogP contribution in [0.15, 0.2) is 53.3 Å². The third kappa shape index (κ3) is 3.20. The van der Waals surface area contributed by atoms with Gasteiger partial charge in [-0.25, -0.2) is 4.98 Å². The molecule has 1 aromatic heterocycles. The van der Waals surface area contributed by atoms with E-state index in [2.05, 4.69) is 10.3 Å². The number of amides is 1. The normalized spacial score (nSPS) is 10.8. The lowest BCUT2D eigenvalue weighted by molar-refractivity contribution is 0.0947. The highest BCUT2D eigenvalue weighted by Gasteiger charge is 2.15. The van der Waals surface area contributed by atoms with Crippen LogP contribution in [0, 0.1) is 6.92 Å². The molecule has 5 heteroatoms. The summed E-state index contributed by atoms with van der Waals surface area (Å²) in [4.78, 5) is 28.9. The molecule has 1 heterocycles. The first kappa shape index (κ1) is 15.9. The van der Waals surface area contributed by atoms with E-state index in [0.717, 1.165) is 5.56 Å². The van der Waals surface area contributed by atoms with Crippen LogP contribution in [0.25, 0.3) is 11.0 Å². The number of aryl methyl sites for hydroxylation is 2. The van der Waals surface area contributed by atoms with E-state index in [1.165, 1.54) is 10.1 Å². The molecule has 0 bridgehead atoms. The van der Waals surface area contributed by atoms with Gasteiger partial charge in [-0.15, -0.1) is 0 Å². The smallest absolute Gasteiger partial charge is 0.282 e. The summed E-state index contributed by atoms with van der Waals surface area (Å²) in [6, 6.07) is 15.4. The minimum Gasteiger partial charge on any atom is -0.350 e. The predicted molar refractivity (Wildman–Crippen MR) is 94.2 cm³/mol. The van der Waals surface area contributed by atoms with Gasteiger partial charge in [-0.05, 0) is 31.0 Å². The van der Waals surface area contributed by atoms with Crippen LogP contribution in [0.3, 0.4) is 0 Å². The Bertz CT molecular complexity index is 943. The third-order valence-electron chi connectivity index (χ3n) is 4.02. The molecule has 3 rings (SSSR count). The van der Waals surface area contributed by atoms with E-state index >= 15 is 0 Å². The summed E-state index contributed by atoms with van der Waals surface area (Å²) < 4.78 is 1.46. The summed E-state index contributed by atoms with van der Waals surface area (Å²) in [6.07, 6.45) is 0.708. The summed E-state index contributed by atoms with van der Waals surface area (Å²) in [7, 11) is 1.65. The van der Waals surface area contributed by atoms with E-state index in [9.17, 15) is 9.59 Å². The zero-order chi connectivity index (χ0) is 17.1. The molecule has 24 heavy (non-hydrogen) atoms. The standard InChI is InChI=1S/C19H19N3O2/c1-13-7-9-14(10-8-13)11-12-20-18(23)17-19(24)22(2)16-6-4-3-5-15(16)21-17/h3-10H,11-12H2,1-2H3,(H,20,23). The molecule has 0 unspecified atom stereocenters. The molecule has 1 N–H and O–H groups in total. The van der Waals surface area contributed by atoms with E-state index < -0.39 is 5.91 Å². The fourth-order valence-corrected chi connectivity index (χ4v) is 2.59. The second kappa shape index (κ2) is 6.66. The number of hydrogen-bond donors (Lipinski definition) is 1. The van der Waals surface area contributed by atoms with Gasteiger partial charge < -0.3 is 9.88 Å². The molecule has 0 aliphatic heterocycles. The van der Waals surface area contributed by atoms with Crippen molar-refractivity contribution < 1.29 is 4.79 Å². The Balaban J connectivity index is 1.75. The van der Waals surface area contributed by atoms with Crippen molar-refractivity contribution in [2.24, 2.45) is 7.05 Å². The summed E-state index contributed by atoms with van der Waals surface area (Å²) >= 11 is 0. The lowest BCUT2D eigenvalue weighted by Gasteiger charge is -2.08. The van der Waals surface area contributed by atoms with Crippen LogP contribution in [-0.4, -0.2) is 22.0 Å². The molecule has 0 radical (unpaired) electrons. The fraction of sp³-hybridized carbons (Fsp3) is 0.211. The lowest BCUT2D eigenvalue weighted by atomic mass is 10.1. The van der Waals surface area contributed by atoms with Gasteiger partial charge in [0.15, 0.2) is 5.69 Å². The Morgan fingerprint density at radius 3 is 2.58 bits per heavy atom. The average molecular weight is 321 g/mol. The average Bonchev–Trinajstić information content (AvgIpc) is 2.59. The number of rotatable bonds is 4. The summed E-state index contributed by atoms with van der Waals surface area (Å²) in [5.41, 5.74) is 3.22. The van der Waals surface area contributed by atoms with Gasteiger partial charge in [-0.3, -0.25) is 9.59 Å². The first-order valence-electron chi connectivity index (χ1n) is 7.86. The fourth-order valence-electron chi connectivity index (χ4n) is 2.59. The molecule has 0 aliphatic rings. The Morgan fingerprint density at radius 1 is 1.12 bits per heavy atom. The van der Waals surface area contributed by atoms with Gasteiger partial charge in [0.25, 0.3) is 11.5 Å². The highest BCUT2D eigenvalue weighted by Crippen LogP contribution is 2.08. The molecular formula is C19H19N3O2. The topological polar surface area (TPSA) is 64.0 Å². The minimum absolute atomic E-state index is 0.0693. The summed E-state index contributed by atoms with van der Waals surface area (Å²) in [6.45, 7) is 2.49. The van der Waals surface area contributed by atoms with Gasteiger partial charge in [-0.2, -0.15) is 0 Å². The van der Waals surface area contributed by atoms with Crippen LogP contribution in [0.4, 0.5) is 0 Å². The number of hydrogen-bond acceptors (Lipinski definition) is 3. The molecule has 0 saturated carbocycles. The van der Waals surface area contributed by atoms with Gasteiger partial charge in [0.05, 0.1) is 11.0 Å². The number of para-hydroxylation sites is 2. The number of carbonyl (C=O) groups is 1. The van der Waals surface area contributed by atoms with Crippen molar-refractivity contribution in [3.05, 3.63) is 75.7 Å². The molecule has 5 nitrogen and oxygen atoms in total. The Kier molecular flexibility index (Phi) is 4.42. The Hall–Kier alpha value is -2.95. The maximum absolute atomic E-state index is 12.3. The van der Waals surface area contributed by atoms with Gasteiger partial charge >= 0.3 is 0 Å². The second-order valence-corrected chi connectivity index (χ2v) is 5.80. The molecular weight excluding hydrogens is 302 g/mol. The number of fused-ring (bicyclic) bond motifs is 1. The van der Waals surface area contributed by atoms with Crippen LogP contribution in [0.5, 0.6) is 0 Å². The Morgan fingerprint density at radius 2 is 1.83 bits per heavy atom. The molecule has 0 atom stereocenters. The SMILES string of the molecule is Cc1ccc(CCNC(=O)c2nc3ccccc3n(C)c2=O)cc1. The lowest BCUT2D eigenvalue weighted by Crippen LogP contribution is -2.34. The first-order valence-corrected chi connectivity index (χ1v) is 7.86. The number of carbonyl (C=O) groups excluding carboxylic acids is 1. The predicted octanol–water partition coefficient (Wildman–Crippen LogP) is 2.21. The highest BCUT2D eigenvalue weighted by molar-refractivity contribution is 5.93. The van der Waals surface area contributed by atoms with Crippen LogP contribution >= 0.6 is 0 Å². The van der Waals surface area contributed by atoms with E-state index in [4.69, 9.17) is 0 Å². The van der Waals surface area contributed by atoms with Gasteiger partial charge in [-0.1, -0.05) is 42.0 Å². The number of aromatic nitrogens is 2. The third-order valence-corrected chi connectivity index (χ3v) is 4.02. The van der Waals surface area contributed by atoms with Crippen molar-refractivity contribution in [3.8, 4) is 0 Å². The molecule has 1 amide bonds. The van der Waals surface area contributed by atoms with Crippen LogP contribution in [0.2, 0.25) is 0 Å². The van der Waals surface area contributed by atoms with Crippen molar-refractivity contribution in [2.75, 3.05) is 6.54 Å². The van der Waals surface area contributed by atoms with Crippen LogP contribution in [0.1, 0.15) is 21.6 Å². The van der Waals surface area contributed by atoms with Crippen LogP contribution < -0.4 is 10.9 Å². The highest BCUT2D eigenvalue weighted by atomic mass is 16.2. The van der Waals surface area contributed by atoms with Crippen molar-refractivity contribution in [2.45, 2.75) is 13.3 Å². The number of nitrogens with one attached hydrogen (secondary N) is 1. The number of nitrogens with zero attached hydrogens (tertiary/aromatic N) is 2. The van der Waals surface area contributed by atoms with E-state index in [0.29, 0.717) is 24.0 Å². The molecule has 0 saturated heterocycles. The van der Waals surface area contributed by atoms with E-state index in [-0.39, 0.29) is 11.3 Å². The van der Waals surface area contributed by atoms with Gasteiger partial charge in [0, 0.05) is 13.6 Å². The number of benzene rings is 2. The van der Waals surface area contributed by atoms with Crippen molar-refractivity contribution in [1.82, 2.24) is 14.9 Å². The quantitative estimate of drug-likeness (QED) is 0.801. The molecule has 3 aromatic rings. The zero-order valence-corrected chi connectivity index (χ0v) is 13.7. The molecule has 0 aliphatic carbocycles. The molecule has 0 spiro atoms. The Labute approximate surface area is 140 Å². The monoisotopic (exact) mass is 321 g/mol. The molecule has 122 valence electrons. The minimum atomic E-state index is -0.437. The molecule has 2 aromatic carbocycles. The maximum Gasteiger partial charge on any atom is 0.282 e. The second-order valence-electron chi connectivity index (χ2n) is 5.80. The largest absolute Gasteiger partial charge is 0.350 e. The molecule has 0 fully saturated rings. The van der Waals surface area contributed by atoms with E-state index in [1.807, 2.05) is 49.4 Å². The maximum atomic E-state index is 12.3.